The summed E-state index contributed by atoms with van der Waals surface area (Å²) in [6.07, 6.45) is 3.07. The Morgan fingerprint density at radius 3 is 1.19 bits per heavy atom. The molecular weight excluding hydrogens is 817 g/mol. The number of hydrogen-bond donors (Lipinski definition) is 0. The zero-order valence-electron chi connectivity index (χ0n) is 40.5. The predicted octanol–water partition coefficient (Wildman–Crippen LogP) is 12.1. The van der Waals surface area contributed by atoms with Gasteiger partial charge in [-0.15, -0.1) is 6.58 Å². The maximum Gasteiger partial charge on any atom is 0.170 e. The van der Waals surface area contributed by atoms with Crippen molar-refractivity contribution in [2.75, 3.05) is 0 Å². The fourth-order valence-corrected chi connectivity index (χ4v) is 42.7. The van der Waals surface area contributed by atoms with Gasteiger partial charge in [0.15, 0.2) is 32.3 Å². The molecular formula is C42H96O2Si10. The van der Waals surface area contributed by atoms with Gasteiger partial charge in [-0.2, -0.15) is 0 Å². The Labute approximate surface area is 356 Å². The molecule has 316 valence electrons. The minimum absolute atomic E-state index is 0.435. The lowest BCUT2D eigenvalue weighted by Gasteiger charge is -2.42. The highest BCUT2D eigenvalue weighted by Gasteiger charge is 2.44. The van der Waals surface area contributed by atoms with Gasteiger partial charge in [0.1, 0.15) is 0 Å². The first-order valence-electron chi connectivity index (χ1n) is 21.6. The zero-order valence-corrected chi connectivity index (χ0v) is 53.0. The van der Waals surface area contributed by atoms with Crippen molar-refractivity contribution in [3.8, 4) is 0 Å². The monoisotopic (exact) mass is 913 g/mol. The third kappa shape index (κ3) is 30.4. The maximum atomic E-state index is 6.48. The van der Waals surface area contributed by atoms with Crippen LogP contribution in [0, 0.1) is 0 Å². The van der Waals surface area contributed by atoms with Crippen molar-refractivity contribution in [2.24, 2.45) is 0 Å². The second kappa shape index (κ2) is 29.5. The third-order valence-corrected chi connectivity index (χ3v) is 52.7. The zero-order chi connectivity index (χ0) is 43.0. The lowest BCUT2D eigenvalue weighted by Crippen LogP contribution is -2.60. The van der Waals surface area contributed by atoms with Gasteiger partial charge < -0.3 is 8.23 Å². The van der Waals surface area contributed by atoms with Crippen LogP contribution in [0.5, 0.6) is 0 Å². The number of hydrogen-bond acceptors (Lipinski definition) is 2. The molecule has 0 radical (unpaired) electrons. The minimum Gasteiger partial charge on any atom is -0.458 e. The van der Waals surface area contributed by atoms with Crippen LogP contribution in [0.25, 0.3) is 0 Å². The average molecular weight is 914 g/mol. The van der Waals surface area contributed by atoms with Crippen LogP contribution in [0.3, 0.4) is 0 Å². The van der Waals surface area contributed by atoms with E-state index in [1.165, 1.54) is 57.1 Å². The van der Waals surface area contributed by atoms with Crippen LogP contribution < -0.4 is 0 Å². The topological polar surface area (TPSA) is 18.5 Å². The Hall–Kier alpha value is 0.269. The normalized spacial score (nSPS) is 12.9. The molecule has 0 atom stereocenters. The van der Waals surface area contributed by atoms with Crippen LogP contribution in [0.2, 0.25) is 148 Å². The molecule has 54 heavy (non-hydrogen) atoms. The Balaban J connectivity index is -0.000000631. The predicted molar refractivity (Wildman–Crippen MR) is 286 cm³/mol. The van der Waals surface area contributed by atoms with Gasteiger partial charge in [-0.25, -0.2) is 0 Å². The number of benzene rings is 2. The van der Waals surface area contributed by atoms with Crippen LogP contribution >= 0.6 is 0 Å². The van der Waals surface area contributed by atoms with Gasteiger partial charge in [0.25, 0.3) is 0 Å². The Morgan fingerprint density at radius 1 is 0.611 bits per heavy atom. The molecule has 2 nitrogen and oxygen atoms in total. The minimum atomic E-state index is -1.39. The highest BCUT2D eigenvalue weighted by Crippen LogP contribution is 2.29. The van der Waals surface area contributed by atoms with E-state index in [2.05, 4.69) is 192 Å². The summed E-state index contributed by atoms with van der Waals surface area (Å²) in [7, 11) is -5.01. The van der Waals surface area contributed by atoms with Crippen LogP contribution in [0.4, 0.5) is 0 Å². The largest absolute Gasteiger partial charge is 0.458 e. The Morgan fingerprint density at radius 2 is 0.944 bits per heavy atom. The number of allylic oxidation sites excluding steroid dienone is 1. The van der Waals surface area contributed by atoms with E-state index in [1.807, 2.05) is 6.92 Å². The van der Waals surface area contributed by atoms with Crippen molar-refractivity contribution in [3.05, 3.63) is 84.4 Å². The Kier molecular flexibility index (Phi) is 32.0. The van der Waals surface area contributed by atoms with Crippen molar-refractivity contribution in [2.45, 2.75) is 180 Å². The molecule has 0 amide bonds. The van der Waals surface area contributed by atoms with Crippen molar-refractivity contribution >= 4 is 86.3 Å². The summed E-state index contributed by atoms with van der Waals surface area (Å²) in [4.78, 5) is 0. The van der Waals surface area contributed by atoms with Crippen LogP contribution in [-0.2, 0) is 8.23 Å². The van der Waals surface area contributed by atoms with Gasteiger partial charge in [-0.05, 0) is 95.4 Å². The van der Waals surface area contributed by atoms with E-state index in [1.54, 1.807) is 17.2 Å². The second-order valence-electron chi connectivity index (χ2n) is 20.0. The molecule has 0 unspecified atom stereocenters. The van der Waals surface area contributed by atoms with Crippen molar-refractivity contribution in [1.82, 2.24) is 0 Å². The van der Waals surface area contributed by atoms with Crippen LogP contribution in [-0.4, -0.2) is 86.3 Å². The molecule has 2 aromatic rings. The average Bonchev–Trinajstić information content (AvgIpc) is 3.01. The van der Waals surface area contributed by atoms with Crippen LogP contribution in [0.15, 0.2) is 73.3 Å². The van der Waals surface area contributed by atoms with E-state index < -0.39 is 65.8 Å². The molecule has 2 rings (SSSR count). The van der Waals surface area contributed by atoms with Crippen molar-refractivity contribution < 1.29 is 8.23 Å². The number of rotatable bonds is 16. The lowest BCUT2D eigenvalue weighted by atomic mass is 10.0. The lowest BCUT2D eigenvalue weighted by molar-refractivity contribution is 0.568. The summed E-state index contributed by atoms with van der Waals surface area (Å²) in [5.41, 5.74) is 3.14. The third-order valence-electron chi connectivity index (χ3n) is 10.1. The van der Waals surface area contributed by atoms with Gasteiger partial charge in [0, 0.05) is 38.1 Å². The van der Waals surface area contributed by atoms with Gasteiger partial charge in [0.2, 0.25) is 0 Å². The molecule has 2 aromatic carbocycles. The van der Waals surface area contributed by atoms with Crippen LogP contribution in [0.1, 0.15) is 43.2 Å². The quantitative estimate of drug-likeness (QED) is 0.123. The first-order valence-corrected chi connectivity index (χ1v) is 51.7. The molecule has 0 aliphatic rings. The van der Waals surface area contributed by atoms with Gasteiger partial charge in [-0.3, -0.25) is 0 Å². The van der Waals surface area contributed by atoms with Gasteiger partial charge in [0.05, 0.1) is 15.9 Å². The summed E-state index contributed by atoms with van der Waals surface area (Å²) in [5, 5.41) is 0. The molecule has 12 heteroatoms. The summed E-state index contributed by atoms with van der Waals surface area (Å²) in [6, 6.07) is 29.3. The highest BCUT2D eigenvalue weighted by atomic mass is 29.3. The summed E-state index contributed by atoms with van der Waals surface area (Å²) < 4.78 is 12.7. The van der Waals surface area contributed by atoms with E-state index in [0.29, 0.717) is 0 Å². The summed E-state index contributed by atoms with van der Waals surface area (Å²) in [5.74, 6) is 1.75. The molecule has 0 fully saturated rings. The van der Waals surface area contributed by atoms with E-state index in [4.69, 9.17) is 8.23 Å². The fourth-order valence-electron chi connectivity index (χ4n) is 6.45. The molecule has 0 aliphatic heterocycles. The van der Waals surface area contributed by atoms with E-state index in [0.717, 1.165) is 11.8 Å². The Bertz CT molecular complexity index is 1160. The molecule has 0 saturated carbocycles. The highest BCUT2D eigenvalue weighted by molar-refractivity contribution is 7.39. The molecule has 0 aromatic heterocycles. The first kappa shape index (κ1) is 58.6. The summed E-state index contributed by atoms with van der Waals surface area (Å²) >= 11 is 0. The maximum absolute atomic E-state index is 6.48. The van der Waals surface area contributed by atoms with E-state index in [9.17, 15) is 0 Å². The molecule has 0 saturated heterocycles. The molecule has 0 aliphatic carbocycles. The first-order chi connectivity index (χ1) is 24.6. The molecule has 0 N–H and O–H groups in total. The van der Waals surface area contributed by atoms with Crippen molar-refractivity contribution in [1.29, 1.82) is 0 Å². The SMILES string of the molecule is C=CC.CCC[Si](C)(C)[Si](C)(C)O[Si](C)(C)C.C[SiH](C)CC(C[SiH](C)C)c1ccccc1.C[SiH](C)[Si](C)(C)O[Si](C)(C)C.[SiH3]CC(C[SiH3])c1ccccc1. The summed E-state index contributed by atoms with van der Waals surface area (Å²) in [6.45, 7) is 50.7. The molecule has 0 heterocycles. The molecule has 0 spiro atoms. The van der Waals surface area contributed by atoms with E-state index in [-0.39, 0.29) is 0 Å². The van der Waals surface area contributed by atoms with Crippen molar-refractivity contribution in [3.63, 3.8) is 0 Å². The van der Waals surface area contributed by atoms with Gasteiger partial charge in [-0.1, -0.05) is 163 Å². The van der Waals surface area contributed by atoms with E-state index >= 15 is 0 Å². The van der Waals surface area contributed by atoms with Gasteiger partial charge >= 0.3 is 0 Å². The standard InChI is InChI=1S/C13H24Si2.C10H28OSi3.C9H16Si2.C7H22OSi3.C3H6/c1-14(2)10-13(11-15(3)4)12-8-6-5-7-9-12;1-9-10-13(5,6)14(7,8)11-12(2,3)4;10-6-9(7-11)8-4-2-1-3-5-8;1-9(2)11(6,7)8-10(3,4)5;1-3-2/h5-9,13-15H,10-11H2,1-4H3;9-10H2,1-8H3;1-5,9H,6-7H2,10-11H3;9H,1-7H3;3H,1H2,2H3. The fraction of sp³-hybridized carbons (Fsp3) is 0.667. The molecule has 0 bridgehead atoms. The smallest absolute Gasteiger partial charge is 0.170 e. The second-order valence-corrected chi connectivity index (χ2v) is 66.4.